The lowest BCUT2D eigenvalue weighted by atomic mass is 9.32. The first kappa shape index (κ1) is 35.3. The Bertz CT molecular complexity index is 1420. The number of hydrogen-bond acceptors (Lipinski definition) is 7. The highest BCUT2D eigenvalue weighted by Crippen LogP contribution is 2.77. The summed E-state index contributed by atoms with van der Waals surface area (Å²) >= 11 is 0. The summed E-state index contributed by atoms with van der Waals surface area (Å²) in [6.45, 7) is 27.1. The molecule has 48 heavy (non-hydrogen) atoms. The number of fused-ring (bicyclic) bond motifs is 7. The summed E-state index contributed by atoms with van der Waals surface area (Å²) < 4.78 is 11.5. The quantitative estimate of drug-likeness (QED) is 0.209. The fourth-order valence-electron chi connectivity index (χ4n) is 13.3. The molecule has 5 aliphatic rings. The normalized spacial score (nSPS) is 41.6. The van der Waals surface area contributed by atoms with Crippen LogP contribution in [0.3, 0.4) is 0 Å². The van der Waals surface area contributed by atoms with Crippen molar-refractivity contribution >= 4 is 11.9 Å². The van der Waals surface area contributed by atoms with Gasteiger partial charge in [0.1, 0.15) is 12.7 Å². The number of esters is 2. The van der Waals surface area contributed by atoms with Gasteiger partial charge in [-0.2, -0.15) is 5.21 Å². The maximum absolute atomic E-state index is 13.4. The number of aromatic amines is 1. The highest BCUT2D eigenvalue weighted by atomic mass is 16.5. The third-order valence-corrected chi connectivity index (χ3v) is 15.7. The van der Waals surface area contributed by atoms with Gasteiger partial charge in [-0.25, -0.2) is 0 Å². The number of nitrogens with one attached hydrogen (secondary N) is 1. The van der Waals surface area contributed by atoms with E-state index in [1.54, 1.807) is 6.08 Å². The maximum Gasteiger partial charge on any atom is 0.306 e. The molecular formula is C40H62N4O4. The van der Waals surface area contributed by atoms with Gasteiger partial charge in [-0.3, -0.25) is 9.59 Å². The highest BCUT2D eigenvalue weighted by molar-refractivity contribution is 5.74. The molecule has 0 aliphatic heterocycles. The lowest BCUT2D eigenvalue weighted by molar-refractivity contribution is -0.246. The summed E-state index contributed by atoms with van der Waals surface area (Å²) in [6.07, 6.45) is 13.3. The van der Waals surface area contributed by atoms with E-state index < -0.39 is 5.41 Å². The number of H-pyrrole nitrogens is 1. The van der Waals surface area contributed by atoms with Gasteiger partial charge in [0.15, 0.2) is 5.82 Å². The molecule has 10 atom stereocenters. The molecule has 0 radical (unpaired) electrons. The zero-order chi connectivity index (χ0) is 34.9. The smallest absolute Gasteiger partial charge is 0.306 e. The molecule has 5 fully saturated rings. The van der Waals surface area contributed by atoms with Crippen LogP contribution in [0.1, 0.15) is 138 Å². The Kier molecular flexibility index (Phi) is 8.88. The standard InChI is InChI=1S/C40H62N4O4/c1-11-22-47-31(45)23-35(4,5)24-32(46)48-30-16-17-37(8)28(36(30,6)7)15-18-39(10)29(37)13-12-27-33-26(25(2)3)14-19-40(33,21-20-38(27,39)9)34-41-43-44-42-34/h11,26-30,33H,1-2,12-24H2,3-10H3,(H,41,42,43,44)/t26-,27+,28?,29?,30-,33?,37-,38+,39+,40?/m0/s1. The van der Waals surface area contributed by atoms with Crippen molar-refractivity contribution in [3.63, 3.8) is 0 Å². The van der Waals surface area contributed by atoms with E-state index in [1.165, 1.54) is 37.7 Å². The predicted octanol–water partition coefficient (Wildman–Crippen LogP) is 8.56. The molecule has 0 spiro atoms. The molecule has 8 heteroatoms. The minimum atomic E-state index is -0.535. The fraction of sp³-hybridized carbons (Fsp3) is 0.825. The molecule has 8 nitrogen and oxygen atoms in total. The third kappa shape index (κ3) is 5.32. The van der Waals surface area contributed by atoms with Crippen molar-refractivity contribution in [3.8, 4) is 0 Å². The molecule has 4 unspecified atom stereocenters. The number of hydrogen-bond donors (Lipinski definition) is 1. The van der Waals surface area contributed by atoms with E-state index in [9.17, 15) is 9.59 Å². The molecule has 1 N–H and O–H groups in total. The van der Waals surface area contributed by atoms with Gasteiger partial charge in [0, 0.05) is 10.8 Å². The molecule has 1 aromatic rings. The number of aromatic nitrogens is 4. The largest absolute Gasteiger partial charge is 0.462 e. The maximum atomic E-state index is 13.4. The van der Waals surface area contributed by atoms with Crippen molar-refractivity contribution in [1.29, 1.82) is 0 Å². The van der Waals surface area contributed by atoms with Crippen LogP contribution in [-0.4, -0.2) is 45.3 Å². The van der Waals surface area contributed by atoms with Gasteiger partial charge in [0.05, 0.1) is 12.8 Å². The fourth-order valence-corrected chi connectivity index (χ4v) is 13.3. The molecule has 1 aromatic heterocycles. The number of ether oxygens (including phenoxy) is 2. The molecule has 0 bridgehead atoms. The Morgan fingerprint density at radius 3 is 2.31 bits per heavy atom. The van der Waals surface area contributed by atoms with Crippen LogP contribution in [0.5, 0.6) is 0 Å². The topological polar surface area (TPSA) is 107 Å². The summed E-state index contributed by atoms with van der Waals surface area (Å²) in [5.74, 6) is 3.16. The predicted molar refractivity (Wildman–Crippen MR) is 186 cm³/mol. The van der Waals surface area contributed by atoms with Crippen LogP contribution in [-0.2, 0) is 24.5 Å². The molecule has 0 saturated heterocycles. The summed E-state index contributed by atoms with van der Waals surface area (Å²) in [6, 6.07) is 0. The van der Waals surface area contributed by atoms with Gasteiger partial charge in [0.25, 0.3) is 0 Å². The van der Waals surface area contributed by atoms with Gasteiger partial charge >= 0.3 is 11.9 Å². The average molecular weight is 663 g/mol. The Morgan fingerprint density at radius 2 is 1.65 bits per heavy atom. The first-order chi connectivity index (χ1) is 22.4. The zero-order valence-electron chi connectivity index (χ0n) is 31.1. The van der Waals surface area contributed by atoms with Gasteiger partial charge in [-0.1, -0.05) is 78.5 Å². The van der Waals surface area contributed by atoms with E-state index in [-0.39, 0.29) is 64.6 Å². The lowest BCUT2D eigenvalue weighted by Gasteiger charge is -2.72. The second-order valence-corrected chi connectivity index (χ2v) is 18.9. The monoisotopic (exact) mass is 662 g/mol. The van der Waals surface area contributed by atoms with Crippen LogP contribution >= 0.6 is 0 Å². The summed E-state index contributed by atoms with van der Waals surface area (Å²) in [7, 11) is 0. The van der Waals surface area contributed by atoms with E-state index in [2.05, 4.69) is 75.3 Å². The number of nitrogens with zero attached hydrogens (tertiary/aromatic N) is 3. The number of carbonyl (C=O) groups is 2. The van der Waals surface area contributed by atoms with E-state index in [4.69, 9.17) is 9.47 Å². The number of carbonyl (C=O) groups excluding carboxylic acids is 2. The molecule has 1 heterocycles. The molecule has 0 amide bonds. The van der Waals surface area contributed by atoms with E-state index in [0.717, 1.165) is 37.9 Å². The van der Waals surface area contributed by atoms with Crippen LogP contribution in [0.4, 0.5) is 0 Å². The molecule has 266 valence electrons. The second kappa shape index (κ2) is 12.1. The van der Waals surface area contributed by atoms with Crippen molar-refractivity contribution in [3.05, 3.63) is 30.6 Å². The van der Waals surface area contributed by atoms with Crippen LogP contribution < -0.4 is 0 Å². The summed E-state index contributed by atoms with van der Waals surface area (Å²) in [5, 5.41) is 16.1. The van der Waals surface area contributed by atoms with Crippen molar-refractivity contribution in [2.45, 2.75) is 144 Å². The Hall–Kier alpha value is -2.51. The molecule has 5 aliphatic carbocycles. The van der Waals surface area contributed by atoms with Crippen molar-refractivity contribution in [2.75, 3.05) is 6.61 Å². The van der Waals surface area contributed by atoms with E-state index in [1.807, 2.05) is 13.8 Å². The number of rotatable bonds is 9. The van der Waals surface area contributed by atoms with Crippen LogP contribution in [0, 0.1) is 56.7 Å². The molecule has 6 rings (SSSR count). The van der Waals surface area contributed by atoms with Crippen LogP contribution in [0.25, 0.3) is 0 Å². The number of allylic oxidation sites excluding steroid dienone is 1. The minimum Gasteiger partial charge on any atom is -0.462 e. The van der Waals surface area contributed by atoms with Gasteiger partial charge in [0.2, 0.25) is 0 Å². The first-order valence-corrected chi connectivity index (χ1v) is 18.8. The Labute approximate surface area is 289 Å². The second-order valence-electron chi connectivity index (χ2n) is 18.9. The average Bonchev–Trinajstić information content (AvgIpc) is 3.67. The molecule has 0 aromatic carbocycles. The van der Waals surface area contributed by atoms with Crippen LogP contribution in [0.2, 0.25) is 0 Å². The van der Waals surface area contributed by atoms with Crippen molar-refractivity contribution in [1.82, 2.24) is 20.6 Å². The van der Waals surface area contributed by atoms with Crippen molar-refractivity contribution < 1.29 is 19.1 Å². The SMILES string of the molecule is C=CCOC(=O)CC(C)(C)CC(=O)O[C@H]1CC[C@@]2(C)C(CC[C@]3(C)C2CC[C@@H]2C4[C@H](C(=C)C)CCC4(c4nn[nH]n4)CC[C@]23C)C1(C)C. The van der Waals surface area contributed by atoms with Crippen molar-refractivity contribution in [2.24, 2.45) is 56.7 Å². The number of tetrazole rings is 1. The van der Waals surface area contributed by atoms with Gasteiger partial charge < -0.3 is 9.47 Å². The molecular weight excluding hydrogens is 600 g/mol. The van der Waals surface area contributed by atoms with Gasteiger partial charge in [-0.05, 0) is 122 Å². The minimum absolute atomic E-state index is 0.00447. The van der Waals surface area contributed by atoms with Crippen LogP contribution in [0.15, 0.2) is 24.8 Å². The first-order valence-electron chi connectivity index (χ1n) is 18.8. The molecule has 5 saturated carbocycles. The van der Waals surface area contributed by atoms with Gasteiger partial charge in [-0.15, -0.1) is 10.2 Å². The zero-order valence-corrected chi connectivity index (χ0v) is 31.1. The summed E-state index contributed by atoms with van der Waals surface area (Å²) in [4.78, 5) is 25.7. The Morgan fingerprint density at radius 1 is 0.917 bits per heavy atom. The van der Waals surface area contributed by atoms with E-state index in [0.29, 0.717) is 29.6 Å². The lowest BCUT2D eigenvalue weighted by Crippen LogP contribution is -2.67. The highest BCUT2D eigenvalue weighted by Gasteiger charge is 2.71. The van der Waals surface area contributed by atoms with E-state index >= 15 is 0 Å². The Balaban J connectivity index is 1.21. The summed E-state index contributed by atoms with van der Waals surface area (Å²) in [5.41, 5.74) is 1.30. The third-order valence-electron chi connectivity index (χ3n) is 15.7.